The predicted octanol–water partition coefficient (Wildman–Crippen LogP) is 3.81. The summed E-state index contributed by atoms with van der Waals surface area (Å²) in [6, 6.07) is 9.89. The van der Waals surface area contributed by atoms with Crippen molar-refractivity contribution < 1.29 is 0 Å². The van der Waals surface area contributed by atoms with Crippen LogP contribution in [0.5, 0.6) is 0 Å². The van der Waals surface area contributed by atoms with Crippen LogP contribution in [0.15, 0.2) is 24.3 Å². The molecule has 3 saturated carbocycles. The second-order valence-electron chi connectivity index (χ2n) is 7.42. The highest BCUT2D eigenvalue weighted by atomic mass is 14.9. The molecule has 3 fully saturated rings. The SMILES string of the molecule is CCNC(Cc1ccc(C)cc1)C1C2C3CCC(C3)C21. The van der Waals surface area contributed by atoms with Crippen molar-refractivity contribution in [3.63, 3.8) is 0 Å². The van der Waals surface area contributed by atoms with Gasteiger partial charge in [-0.25, -0.2) is 0 Å². The first kappa shape index (κ1) is 12.9. The zero-order chi connectivity index (χ0) is 13.7. The lowest BCUT2D eigenvalue weighted by Crippen LogP contribution is -2.35. The van der Waals surface area contributed by atoms with Crippen LogP contribution >= 0.6 is 0 Å². The van der Waals surface area contributed by atoms with Crippen molar-refractivity contribution in [3.8, 4) is 0 Å². The Morgan fingerprint density at radius 2 is 1.75 bits per heavy atom. The van der Waals surface area contributed by atoms with Gasteiger partial charge in [0, 0.05) is 6.04 Å². The molecule has 5 atom stereocenters. The first-order chi connectivity index (χ1) is 9.78. The Balaban J connectivity index is 1.47. The zero-order valence-corrected chi connectivity index (χ0v) is 12.8. The van der Waals surface area contributed by atoms with E-state index in [9.17, 15) is 0 Å². The maximum absolute atomic E-state index is 3.81. The lowest BCUT2D eigenvalue weighted by Gasteiger charge is -2.21. The van der Waals surface area contributed by atoms with Gasteiger partial charge in [-0.1, -0.05) is 36.8 Å². The number of benzene rings is 1. The Morgan fingerprint density at radius 3 is 2.35 bits per heavy atom. The smallest absolute Gasteiger partial charge is 0.0141 e. The maximum atomic E-state index is 3.81. The van der Waals surface area contributed by atoms with Crippen LogP contribution in [0.1, 0.15) is 37.3 Å². The molecule has 0 heterocycles. The first-order valence-corrected chi connectivity index (χ1v) is 8.57. The summed E-state index contributed by atoms with van der Waals surface area (Å²) in [6.45, 7) is 5.55. The van der Waals surface area contributed by atoms with E-state index < -0.39 is 0 Å². The van der Waals surface area contributed by atoms with Gasteiger partial charge in [0.25, 0.3) is 0 Å². The molecule has 1 aromatic carbocycles. The summed E-state index contributed by atoms with van der Waals surface area (Å²) in [5, 5.41) is 3.81. The predicted molar refractivity (Wildman–Crippen MR) is 83.6 cm³/mol. The van der Waals surface area contributed by atoms with Gasteiger partial charge >= 0.3 is 0 Å². The average Bonchev–Trinajstić information content (AvgIpc) is 2.88. The Labute approximate surface area is 123 Å². The molecule has 0 spiro atoms. The molecule has 4 rings (SSSR count). The van der Waals surface area contributed by atoms with Gasteiger partial charge in [-0.2, -0.15) is 0 Å². The molecule has 2 bridgehead atoms. The molecule has 1 heteroatoms. The van der Waals surface area contributed by atoms with Gasteiger partial charge in [-0.3, -0.25) is 0 Å². The number of likely N-dealkylation sites (N-methyl/N-ethyl adjacent to an activating group) is 1. The van der Waals surface area contributed by atoms with E-state index in [1.807, 2.05) is 0 Å². The minimum atomic E-state index is 0.723. The second kappa shape index (κ2) is 4.87. The van der Waals surface area contributed by atoms with Gasteiger partial charge in [0.1, 0.15) is 0 Å². The molecule has 0 radical (unpaired) electrons. The summed E-state index contributed by atoms with van der Waals surface area (Å²) in [5.74, 6) is 5.34. The quantitative estimate of drug-likeness (QED) is 0.857. The Kier molecular flexibility index (Phi) is 3.14. The third-order valence-electron chi connectivity index (χ3n) is 6.30. The highest BCUT2D eigenvalue weighted by molar-refractivity contribution is 5.24. The van der Waals surface area contributed by atoms with Gasteiger partial charge in [-0.15, -0.1) is 0 Å². The number of rotatable bonds is 5. The Bertz CT molecular complexity index is 461. The van der Waals surface area contributed by atoms with Gasteiger partial charge in [0.05, 0.1) is 0 Å². The van der Waals surface area contributed by atoms with E-state index in [4.69, 9.17) is 0 Å². The maximum Gasteiger partial charge on any atom is 0.0141 e. The molecule has 20 heavy (non-hydrogen) atoms. The molecule has 3 aliphatic carbocycles. The number of aryl methyl sites for hydroxylation is 1. The van der Waals surface area contributed by atoms with Crippen molar-refractivity contribution in [1.82, 2.24) is 5.32 Å². The van der Waals surface area contributed by atoms with Gasteiger partial charge < -0.3 is 5.32 Å². The minimum Gasteiger partial charge on any atom is -0.314 e. The van der Waals surface area contributed by atoms with Crippen molar-refractivity contribution in [2.45, 2.75) is 45.6 Å². The molecule has 1 aromatic rings. The van der Waals surface area contributed by atoms with Crippen molar-refractivity contribution >= 4 is 0 Å². The molecule has 3 aliphatic rings. The normalized spacial score (nSPS) is 38.8. The third-order valence-corrected chi connectivity index (χ3v) is 6.30. The molecule has 108 valence electrons. The van der Waals surface area contributed by atoms with E-state index in [1.54, 1.807) is 6.42 Å². The number of hydrogen-bond donors (Lipinski definition) is 1. The van der Waals surface area contributed by atoms with E-state index in [-0.39, 0.29) is 0 Å². The van der Waals surface area contributed by atoms with E-state index in [2.05, 4.69) is 43.4 Å². The zero-order valence-electron chi connectivity index (χ0n) is 12.8. The van der Waals surface area contributed by atoms with E-state index in [1.165, 1.54) is 30.4 Å². The first-order valence-electron chi connectivity index (χ1n) is 8.57. The number of hydrogen-bond acceptors (Lipinski definition) is 1. The summed E-state index contributed by atoms with van der Waals surface area (Å²) in [5.41, 5.74) is 2.88. The van der Waals surface area contributed by atoms with Crippen LogP contribution in [0.2, 0.25) is 0 Å². The van der Waals surface area contributed by atoms with Crippen LogP contribution < -0.4 is 5.32 Å². The fourth-order valence-corrected chi connectivity index (χ4v) is 5.51. The van der Waals surface area contributed by atoms with E-state index >= 15 is 0 Å². The van der Waals surface area contributed by atoms with Gasteiger partial charge in [-0.05, 0) is 74.3 Å². The average molecular weight is 269 g/mol. The molecule has 5 unspecified atom stereocenters. The van der Waals surface area contributed by atoms with Gasteiger partial charge in [0.2, 0.25) is 0 Å². The van der Waals surface area contributed by atoms with Crippen LogP contribution in [-0.4, -0.2) is 12.6 Å². The lowest BCUT2D eigenvalue weighted by atomic mass is 9.93. The van der Waals surface area contributed by atoms with Crippen LogP contribution in [-0.2, 0) is 6.42 Å². The summed E-state index contributed by atoms with van der Waals surface area (Å²) in [7, 11) is 0. The molecule has 1 N–H and O–H groups in total. The largest absolute Gasteiger partial charge is 0.314 e. The number of fused-ring (bicyclic) bond motifs is 5. The molecule has 0 saturated heterocycles. The molecular weight excluding hydrogens is 242 g/mol. The Morgan fingerprint density at radius 1 is 1.10 bits per heavy atom. The van der Waals surface area contributed by atoms with E-state index in [0.717, 1.165) is 42.2 Å². The molecule has 0 amide bonds. The topological polar surface area (TPSA) is 12.0 Å². The fourth-order valence-electron chi connectivity index (χ4n) is 5.51. The monoisotopic (exact) mass is 269 g/mol. The summed E-state index contributed by atoms with van der Waals surface area (Å²) in [4.78, 5) is 0. The highest BCUT2D eigenvalue weighted by Crippen LogP contribution is 2.70. The van der Waals surface area contributed by atoms with Crippen molar-refractivity contribution in [2.24, 2.45) is 29.6 Å². The minimum absolute atomic E-state index is 0.723. The van der Waals surface area contributed by atoms with Crippen LogP contribution in [0.4, 0.5) is 0 Å². The molecule has 0 aromatic heterocycles. The highest BCUT2D eigenvalue weighted by Gasteiger charge is 2.66. The standard InChI is InChI=1S/C19H27N/c1-3-20-16(10-13-6-4-12(2)5-7-13)19-17-14-8-9-15(11-14)18(17)19/h4-7,14-20H,3,8-11H2,1-2H3. The lowest BCUT2D eigenvalue weighted by molar-refractivity contribution is 0.366. The second-order valence-corrected chi connectivity index (χ2v) is 7.42. The molecule has 1 nitrogen and oxygen atoms in total. The van der Waals surface area contributed by atoms with E-state index in [0.29, 0.717) is 0 Å². The molecular formula is C19H27N. The van der Waals surface area contributed by atoms with Crippen LogP contribution in [0.25, 0.3) is 0 Å². The van der Waals surface area contributed by atoms with Crippen LogP contribution in [0.3, 0.4) is 0 Å². The Hall–Kier alpha value is -0.820. The summed E-state index contributed by atoms with van der Waals surface area (Å²) >= 11 is 0. The van der Waals surface area contributed by atoms with Crippen molar-refractivity contribution in [3.05, 3.63) is 35.4 Å². The fraction of sp³-hybridized carbons (Fsp3) is 0.684. The summed E-state index contributed by atoms with van der Waals surface area (Å²) < 4.78 is 0. The summed E-state index contributed by atoms with van der Waals surface area (Å²) in [6.07, 6.45) is 5.86. The molecule has 0 aliphatic heterocycles. The third kappa shape index (κ3) is 2.02. The van der Waals surface area contributed by atoms with Crippen LogP contribution in [0, 0.1) is 36.5 Å². The van der Waals surface area contributed by atoms with Crippen molar-refractivity contribution in [1.29, 1.82) is 0 Å². The number of nitrogens with one attached hydrogen (secondary N) is 1. The van der Waals surface area contributed by atoms with Crippen molar-refractivity contribution in [2.75, 3.05) is 6.54 Å². The van der Waals surface area contributed by atoms with Gasteiger partial charge in [0.15, 0.2) is 0 Å².